The van der Waals surface area contributed by atoms with Crippen LogP contribution >= 0.6 is 0 Å². The minimum absolute atomic E-state index is 0.00639. The number of nitrogens with one attached hydrogen (secondary N) is 1. The van der Waals surface area contributed by atoms with E-state index in [1.54, 1.807) is 20.9 Å². The Labute approximate surface area is 91.4 Å². The van der Waals surface area contributed by atoms with E-state index in [1.165, 1.54) is 6.92 Å². The Hall–Kier alpha value is -0.740. The largest absolute Gasteiger partial charge is 0.360 e. The predicted molar refractivity (Wildman–Crippen MR) is 58.8 cm³/mol. The van der Waals surface area contributed by atoms with Crippen LogP contribution in [0.25, 0.3) is 0 Å². The van der Waals surface area contributed by atoms with E-state index >= 15 is 0 Å². The van der Waals surface area contributed by atoms with Crippen LogP contribution in [0.3, 0.4) is 0 Å². The fraction of sp³-hybridized carbons (Fsp3) is 0.818. The predicted octanol–water partition coefficient (Wildman–Crippen LogP) is 0.936. The molecule has 0 saturated carbocycles. The number of likely N-dealkylation sites (N-methyl/N-ethyl adjacent to an activating group) is 1. The molecule has 3 atom stereocenters. The molecule has 0 aliphatic rings. The van der Waals surface area contributed by atoms with Crippen LogP contribution in [-0.2, 0) is 14.3 Å². The van der Waals surface area contributed by atoms with Crippen molar-refractivity contribution in [1.82, 2.24) is 5.32 Å². The molecule has 4 nitrogen and oxygen atoms in total. The van der Waals surface area contributed by atoms with E-state index in [0.29, 0.717) is 0 Å². The summed E-state index contributed by atoms with van der Waals surface area (Å²) in [5.41, 5.74) is 0. The molecule has 1 N–H and O–H groups in total. The number of carbonyl (C=O) groups excluding carboxylic acids is 2. The number of rotatable bonds is 7. The van der Waals surface area contributed by atoms with E-state index in [1.807, 2.05) is 6.92 Å². The molecule has 0 radical (unpaired) electrons. The zero-order valence-electron chi connectivity index (χ0n) is 10.2. The summed E-state index contributed by atoms with van der Waals surface area (Å²) >= 11 is 0. The number of ether oxygens (including phenoxy) is 1. The van der Waals surface area contributed by atoms with Gasteiger partial charge in [-0.2, -0.15) is 0 Å². The summed E-state index contributed by atoms with van der Waals surface area (Å²) < 4.78 is 5.32. The second-order valence-corrected chi connectivity index (χ2v) is 3.68. The van der Waals surface area contributed by atoms with E-state index in [9.17, 15) is 9.59 Å². The first-order valence-corrected chi connectivity index (χ1v) is 5.30. The van der Waals surface area contributed by atoms with Crippen molar-refractivity contribution in [2.45, 2.75) is 52.4 Å². The molecule has 0 aliphatic carbocycles. The fourth-order valence-corrected chi connectivity index (χ4v) is 1.30. The molecule has 0 bridgehead atoms. The molecule has 0 aromatic rings. The highest BCUT2D eigenvalue weighted by atomic mass is 16.5. The van der Waals surface area contributed by atoms with Gasteiger partial charge in [0.05, 0.1) is 6.04 Å². The molecule has 15 heavy (non-hydrogen) atoms. The van der Waals surface area contributed by atoms with Crippen LogP contribution in [0, 0.1) is 0 Å². The third-order valence-electron chi connectivity index (χ3n) is 2.48. The molecule has 0 spiro atoms. The zero-order chi connectivity index (χ0) is 12.0. The summed E-state index contributed by atoms with van der Waals surface area (Å²) in [4.78, 5) is 22.7. The molecule has 0 amide bonds. The summed E-state index contributed by atoms with van der Waals surface area (Å²) in [5.74, 6) is -0.0692. The molecule has 4 heteroatoms. The maximum atomic E-state index is 11.8. The average molecular weight is 215 g/mol. The van der Waals surface area contributed by atoms with Gasteiger partial charge in [0.25, 0.3) is 0 Å². The lowest BCUT2D eigenvalue weighted by Crippen LogP contribution is -2.42. The number of hydrogen-bond donors (Lipinski definition) is 1. The van der Waals surface area contributed by atoms with Crippen LogP contribution in [0.2, 0.25) is 0 Å². The number of ketones is 2. The summed E-state index contributed by atoms with van der Waals surface area (Å²) in [6.07, 6.45) is -0.336. The van der Waals surface area contributed by atoms with Gasteiger partial charge in [-0.05, 0) is 34.2 Å². The van der Waals surface area contributed by atoms with Gasteiger partial charge in [0.1, 0.15) is 12.2 Å². The number of hydrogen-bond acceptors (Lipinski definition) is 4. The van der Waals surface area contributed by atoms with Gasteiger partial charge in [-0.25, -0.2) is 0 Å². The van der Waals surface area contributed by atoms with Crippen LogP contribution < -0.4 is 5.32 Å². The summed E-state index contributed by atoms with van der Waals surface area (Å²) in [6, 6.07) is -0.195. The van der Waals surface area contributed by atoms with Crippen LogP contribution in [0.1, 0.15) is 34.1 Å². The lowest BCUT2D eigenvalue weighted by molar-refractivity contribution is -0.141. The summed E-state index contributed by atoms with van der Waals surface area (Å²) in [7, 11) is 1.74. The van der Waals surface area contributed by atoms with Gasteiger partial charge in [0.15, 0.2) is 11.6 Å². The average Bonchev–Trinajstić information content (AvgIpc) is 2.19. The monoisotopic (exact) mass is 215 g/mol. The SMILES string of the molecule is CCC(NC)C(=O)C(C)OC(C)C(C)=O. The van der Waals surface area contributed by atoms with Gasteiger partial charge in [0, 0.05) is 0 Å². The van der Waals surface area contributed by atoms with Crippen molar-refractivity contribution in [3.05, 3.63) is 0 Å². The highest BCUT2D eigenvalue weighted by Gasteiger charge is 2.24. The van der Waals surface area contributed by atoms with Gasteiger partial charge >= 0.3 is 0 Å². The Morgan fingerprint density at radius 3 is 2.13 bits per heavy atom. The summed E-state index contributed by atoms with van der Waals surface area (Å²) in [5, 5.41) is 2.92. The Balaban J connectivity index is 4.26. The van der Waals surface area contributed by atoms with Gasteiger partial charge in [-0.15, -0.1) is 0 Å². The van der Waals surface area contributed by atoms with E-state index in [0.717, 1.165) is 6.42 Å². The van der Waals surface area contributed by atoms with Crippen molar-refractivity contribution in [2.24, 2.45) is 0 Å². The standard InChI is InChI=1S/C11H21NO3/c1-6-10(12-5)11(14)9(4)15-8(3)7(2)13/h8-10,12H,6H2,1-5H3. The normalized spacial score (nSPS) is 16.9. The van der Waals surface area contributed by atoms with Crippen molar-refractivity contribution in [1.29, 1.82) is 0 Å². The molecule has 0 rings (SSSR count). The third kappa shape index (κ3) is 4.53. The van der Waals surface area contributed by atoms with E-state index in [-0.39, 0.29) is 17.6 Å². The Kier molecular flexibility index (Phi) is 6.36. The number of Topliss-reactive ketones (excluding diaryl/α,β-unsaturated/α-hetero) is 2. The lowest BCUT2D eigenvalue weighted by Gasteiger charge is -2.20. The highest BCUT2D eigenvalue weighted by molar-refractivity contribution is 5.88. The van der Waals surface area contributed by atoms with Gasteiger partial charge in [-0.3, -0.25) is 9.59 Å². The quantitative estimate of drug-likeness (QED) is 0.686. The van der Waals surface area contributed by atoms with Crippen LogP contribution in [0.4, 0.5) is 0 Å². The molecule has 0 heterocycles. The molecule has 0 fully saturated rings. The van der Waals surface area contributed by atoms with E-state index < -0.39 is 12.2 Å². The maximum absolute atomic E-state index is 11.8. The van der Waals surface area contributed by atoms with E-state index in [2.05, 4.69) is 5.32 Å². The van der Waals surface area contributed by atoms with Gasteiger partial charge < -0.3 is 10.1 Å². The molecule has 0 aromatic heterocycles. The molecular formula is C11H21NO3. The Morgan fingerprint density at radius 2 is 1.80 bits per heavy atom. The van der Waals surface area contributed by atoms with Crippen LogP contribution in [0.15, 0.2) is 0 Å². The highest BCUT2D eigenvalue weighted by Crippen LogP contribution is 2.05. The van der Waals surface area contributed by atoms with Crippen molar-refractivity contribution < 1.29 is 14.3 Å². The van der Waals surface area contributed by atoms with Gasteiger partial charge in [0.2, 0.25) is 0 Å². The Morgan fingerprint density at radius 1 is 1.27 bits per heavy atom. The van der Waals surface area contributed by atoms with Crippen molar-refractivity contribution in [2.75, 3.05) is 7.05 Å². The first-order chi connectivity index (χ1) is 6.93. The first-order valence-electron chi connectivity index (χ1n) is 5.30. The smallest absolute Gasteiger partial charge is 0.178 e. The van der Waals surface area contributed by atoms with Crippen LogP contribution in [-0.4, -0.2) is 36.9 Å². The van der Waals surface area contributed by atoms with Crippen molar-refractivity contribution in [3.8, 4) is 0 Å². The molecule has 0 aromatic carbocycles. The second kappa shape index (κ2) is 6.69. The minimum Gasteiger partial charge on any atom is -0.360 e. The molecule has 0 saturated heterocycles. The lowest BCUT2D eigenvalue weighted by atomic mass is 10.1. The van der Waals surface area contributed by atoms with Crippen LogP contribution in [0.5, 0.6) is 0 Å². The second-order valence-electron chi connectivity index (χ2n) is 3.68. The molecule has 88 valence electrons. The Bertz CT molecular complexity index is 224. The molecule has 3 unspecified atom stereocenters. The number of carbonyl (C=O) groups is 2. The molecule has 0 aliphatic heterocycles. The zero-order valence-corrected chi connectivity index (χ0v) is 10.2. The first kappa shape index (κ1) is 14.3. The minimum atomic E-state index is -0.540. The summed E-state index contributed by atoms with van der Waals surface area (Å²) in [6.45, 7) is 6.73. The van der Waals surface area contributed by atoms with Crippen molar-refractivity contribution >= 4 is 11.6 Å². The molecular weight excluding hydrogens is 194 g/mol. The maximum Gasteiger partial charge on any atom is 0.178 e. The van der Waals surface area contributed by atoms with Gasteiger partial charge in [-0.1, -0.05) is 6.92 Å². The van der Waals surface area contributed by atoms with E-state index in [4.69, 9.17) is 4.74 Å². The van der Waals surface area contributed by atoms with Crippen molar-refractivity contribution in [3.63, 3.8) is 0 Å². The third-order valence-corrected chi connectivity index (χ3v) is 2.48. The fourth-order valence-electron chi connectivity index (χ4n) is 1.30. The topological polar surface area (TPSA) is 55.4 Å².